The highest BCUT2D eigenvalue weighted by molar-refractivity contribution is 5.74. The maximum atomic E-state index is 11.5. The highest BCUT2D eigenvalue weighted by atomic mass is 16.2. The lowest BCUT2D eigenvalue weighted by Crippen LogP contribution is -2.37. The van der Waals surface area contributed by atoms with Crippen molar-refractivity contribution in [3.05, 3.63) is 48.6 Å². The van der Waals surface area contributed by atoms with Crippen LogP contribution in [0.25, 0.3) is 0 Å². The zero-order valence-electron chi connectivity index (χ0n) is 9.65. The fraction of sp³-hybridized carbons (Fsp3) is 0.214. The minimum atomic E-state index is -0.242. The van der Waals surface area contributed by atoms with E-state index in [1.54, 1.807) is 6.08 Å². The van der Waals surface area contributed by atoms with Crippen LogP contribution in [0.1, 0.15) is 18.0 Å². The third-order valence-corrected chi connectivity index (χ3v) is 2.24. The quantitative estimate of drug-likeness (QED) is 0.589. The Balaban J connectivity index is 2.64. The van der Waals surface area contributed by atoms with Gasteiger partial charge in [0.25, 0.3) is 0 Å². The van der Waals surface area contributed by atoms with Crippen LogP contribution < -0.4 is 10.6 Å². The van der Waals surface area contributed by atoms with Gasteiger partial charge in [-0.05, 0) is 5.56 Å². The van der Waals surface area contributed by atoms with Gasteiger partial charge in [-0.25, -0.2) is 4.79 Å². The predicted octanol–water partition coefficient (Wildman–Crippen LogP) is 2.24. The van der Waals surface area contributed by atoms with Gasteiger partial charge in [-0.1, -0.05) is 36.4 Å². The molecule has 0 aliphatic heterocycles. The van der Waals surface area contributed by atoms with E-state index in [2.05, 4.69) is 23.1 Å². The molecule has 0 aromatic heterocycles. The Morgan fingerprint density at radius 3 is 2.76 bits per heavy atom. The lowest BCUT2D eigenvalue weighted by Gasteiger charge is -2.17. The third-order valence-electron chi connectivity index (χ3n) is 2.24. The molecule has 1 aromatic rings. The molecule has 0 unspecified atom stereocenters. The molecule has 0 bridgehead atoms. The summed E-state index contributed by atoms with van der Waals surface area (Å²) in [6.07, 6.45) is 7.39. The summed E-state index contributed by atoms with van der Waals surface area (Å²) >= 11 is 0. The molecule has 88 valence electrons. The minimum Gasteiger partial charge on any atom is -0.335 e. The number of urea groups is 1. The fourth-order valence-electron chi connectivity index (χ4n) is 1.43. The van der Waals surface area contributed by atoms with Gasteiger partial charge in [-0.2, -0.15) is 0 Å². The van der Waals surface area contributed by atoms with Crippen LogP contribution in [0.15, 0.2) is 43.0 Å². The first-order valence-corrected chi connectivity index (χ1v) is 5.41. The molecule has 0 saturated carbocycles. The zero-order chi connectivity index (χ0) is 12.5. The van der Waals surface area contributed by atoms with E-state index in [1.165, 1.54) is 0 Å². The largest absolute Gasteiger partial charge is 0.335 e. The molecule has 17 heavy (non-hydrogen) atoms. The number of terminal acetylenes is 1. The van der Waals surface area contributed by atoms with E-state index in [9.17, 15) is 4.79 Å². The standard InChI is InChI=1S/C14H16N2O/c1-3-8-13(12-9-6-5-7-10-12)16-14(17)15-11-4-2/h1,4-7,9-10,13H,2,8,11H2,(H2,15,16,17)/t13-/m0/s1. The van der Waals surface area contributed by atoms with Gasteiger partial charge >= 0.3 is 6.03 Å². The van der Waals surface area contributed by atoms with Crippen LogP contribution in [0.2, 0.25) is 0 Å². The molecule has 1 rings (SSSR count). The first-order valence-electron chi connectivity index (χ1n) is 5.41. The molecule has 3 heteroatoms. The minimum absolute atomic E-state index is 0.161. The summed E-state index contributed by atoms with van der Waals surface area (Å²) in [7, 11) is 0. The first-order chi connectivity index (χ1) is 8.27. The van der Waals surface area contributed by atoms with Crippen LogP contribution in [0, 0.1) is 12.3 Å². The lowest BCUT2D eigenvalue weighted by atomic mass is 10.0. The van der Waals surface area contributed by atoms with E-state index in [1.807, 2.05) is 30.3 Å². The second kappa shape index (κ2) is 7.13. The smallest absolute Gasteiger partial charge is 0.315 e. The number of hydrogen-bond acceptors (Lipinski definition) is 1. The van der Waals surface area contributed by atoms with Gasteiger partial charge in [0.15, 0.2) is 0 Å². The van der Waals surface area contributed by atoms with E-state index < -0.39 is 0 Å². The average Bonchev–Trinajstić information content (AvgIpc) is 2.37. The molecule has 0 aliphatic carbocycles. The van der Waals surface area contributed by atoms with Crippen molar-refractivity contribution < 1.29 is 4.79 Å². The van der Waals surface area contributed by atoms with Crippen molar-refractivity contribution in [2.45, 2.75) is 12.5 Å². The fourth-order valence-corrected chi connectivity index (χ4v) is 1.43. The molecule has 1 atom stereocenters. The predicted molar refractivity (Wildman–Crippen MR) is 69.4 cm³/mol. The maximum absolute atomic E-state index is 11.5. The van der Waals surface area contributed by atoms with Crippen molar-refractivity contribution in [1.82, 2.24) is 10.6 Å². The maximum Gasteiger partial charge on any atom is 0.315 e. The van der Waals surface area contributed by atoms with Crippen molar-refractivity contribution in [3.8, 4) is 12.3 Å². The molecule has 0 aliphatic rings. The summed E-state index contributed by atoms with van der Waals surface area (Å²) in [4.78, 5) is 11.5. The number of carbonyl (C=O) groups is 1. The van der Waals surface area contributed by atoms with Crippen LogP contribution in [0.3, 0.4) is 0 Å². The monoisotopic (exact) mass is 228 g/mol. The average molecular weight is 228 g/mol. The molecule has 2 amide bonds. The summed E-state index contributed by atoms with van der Waals surface area (Å²) in [5.41, 5.74) is 0.999. The van der Waals surface area contributed by atoms with Crippen LogP contribution in [-0.2, 0) is 0 Å². The van der Waals surface area contributed by atoms with Crippen molar-refractivity contribution in [1.29, 1.82) is 0 Å². The van der Waals surface area contributed by atoms with Crippen molar-refractivity contribution in [3.63, 3.8) is 0 Å². The van der Waals surface area contributed by atoms with Gasteiger partial charge in [0.2, 0.25) is 0 Å². The second-order valence-electron chi connectivity index (χ2n) is 3.51. The van der Waals surface area contributed by atoms with Crippen molar-refractivity contribution >= 4 is 6.03 Å². The lowest BCUT2D eigenvalue weighted by molar-refractivity contribution is 0.238. The number of amides is 2. The molecule has 2 N–H and O–H groups in total. The highest BCUT2D eigenvalue weighted by Gasteiger charge is 2.12. The van der Waals surface area contributed by atoms with E-state index in [0.717, 1.165) is 5.56 Å². The highest BCUT2D eigenvalue weighted by Crippen LogP contribution is 2.15. The van der Waals surface area contributed by atoms with Crippen molar-refractivity contribution in [2.75, 3.05) is 6.54 Å². The van der Waals surface area contributed by atoms with E-state index in [-0.39, 0.29) is 12.1 Å². The molecule has 0 spiro atoms. The number of benzene rings is 1. The summed E-state index contributed by atoms with van der Waals surface area (Å²) in [6, 6.07) is 9.24. The van der Waals surface area contributed by atoms with E-state index in [4.69, 9.17) is 6.42 Å². The van der Waals surface area contributed by atoms with Crippen LogP contribution in [0.4, 0.5) is 4.79 Å². The molecular formula is C14H16N2O. The SMILES string of the molecule is C#CC[C@H](NC(=O)NCC=C)c1ccccc1. The van der Waals surface area contributed by atoms with Crippen LogP contribution in [0.5, 0.6) is 0 Å². The molecule has 1 aromatic carbocycles. The number of rotatable bonds is 5. The van der Waals surface area contributed by atoms with Gasteiger partial charge < -0.3 is 10.6 Å². The Labute approximate surface area is 102 Å². The molecule has 3 nitrogen and oxygen atoms in total. The topological polar surface area (TPSA) is 41.1 Å². The molecule has 0 fully saturated rings. The van der Waals surface area contributed by atoms with Gasteiger partial charge in [-0.3, -0.25) is 0 Å². The molecular weight excluding hydrogens is 212 g/mol. The van der Waals surface area contributed by atoms with E-state index >= 15 is 0 Å². The van der Waals surface area contributed by atoms with Crippen molar-refractivity contribution in [2.24, 2.45) is 0 Å². The summed E-state index contributed by atoms with van der Waals surface area (Å²) < 4.78 is 0. The normalized spacial score (nSPS) is 11.0. The summed E-state index contributed by atoms with van der Waals surface area (Å²) in [5, 5.41) is 5.48. The van der Waals surface area contributed by atoms with Gasteiger partial charge in [0.1, 0.15) is 0 Å². The first kappa shape index (κ1) is 12.9. The Bertz CT molecular complexity index is 406. The van der Waals surface area contributed by atoms with Gasteiger partial charge in [0.05, 0.1) is 6.04 Å². The Kier molecular flexibility index (Phi) is 5.39. The van der Waals surface area contributed by atoms with Gasteiger partial charge in [0, 0.05) is 13.0 Å². The third kappa shape index (κ3) is 4.43. The number of carbonyl (C=O) groups excluding carboxylic acids is 1. The van der Waals surface area contributed by atoms with Crippen LogP contribution >= 0.6 is 0 Å². The Morgan fingerprint density at radius 2 is 2.18 bits per heavy atom. The van der Waals surface area contributed by atoms with E-state index in [0.29, 0.717) is 13.0 Å². The Morgan fingerprint density at radius 1 is 1.47 bits per heavy atom. The van der Waals surface area contributed by atoms with Crippen LogP contribution in [-0.4, -0.2) is 12.6 Å². The molecule has 0 heterocycles. The number of hydrogen-bond donors (Lipinski definition) is 2. The number of nitrogens with one attached hydrogen (secondary N) is 2. The molecule has 0 radical (unpaired) electrons. The Hall–Kier alpha value is -2.21. The molecule has 0 saturated heterocycles. The summed E-state index contributed by atoms with van der Waals surface area (Å²) in [5.74, 6) is 2.57. The summed E-state index contributed by atoms with van der Waals surface area (Å²) in [6.45, 7) is 3.97. The zero-order valence-corrected chi connectivity index (χ0v) is 9.65. The van der Waals surface area contributed by atoms with Gasteiger partial charge in [-0.15, -0.1) is 18.9 Å². The second-order valence-corrected chi connectivity index (χ2v) is 3.51.